The van der Waals surface area contributed by atoms with Gasteiger partial charge < -0.3 is 14.2 Å². The standard InChI is InChI=1S/C24H22ClNO7/c1-2-14-3-6-16(7-4-14)32-22-13-31-21-12-17(8-9-18(21)23(22)27)33-24(28)15-5-10-19(25)20(11-15)26(29)30/h3-7,10-11,13,17-18,21H,2,8-9,12H2,1H3. The van der Waals surface area contributed by atoms with Crippen LogP contribution in [0.15, 0.2) is 54.5 Å². The van der Waals surface area contributed by atoms with E-state index in [0.717, 1.165) is 12.5 Å². The summed E-state index contributed by atoms with van der Waals surface area (Å²) in [6.45, 7) is 2.06. The van der Waals surface area contributed by atoms with Gasteiger partial charge in [0.25, 0.3) is 5.69 Å². The van der Waals surface area contributed by atoms with Crippen molar-refractivity contribution in [3.05, 3.63) is 80.7 Å². The molecule has 1 heterocycles. The molecule has 0 bridgehead atoms. The monoisotopic (exact) mass is 471 g/mol. The summed E-state index contributed by atoms with van der Waals surface area (Å²) in [5.74, 6) is -0.483. The van der Waals surface area contributed by atoms with E-state index in [1.165, 1.54) is 24.0 Å². The number of benzene rings is 2. The second kappa shape index (κ2) is 9.62. The molecule has 2 aliphatic rings. The third-order valence-electron chi connectivity index (χ3n) is 5.88. The fourth-order valence-corrected chi connectivity index (χ4v) is 4.22. The van der Waals surface area contributed by atoms with Crippen molar-refractivity contribution in [1.82, 2.24) is 0 Å². The summed E-state index contributed by atoms with van der Waals surface area (Å²) in [6, 6.07) is 11.3. The number of esters is 1. The highest BCUT2D eigenvalue weighted by Crippen LogP contribution is 2.35. The van der Waals surface area contributed by atoms with Crippen molar-refractivity contribution >= 4 is 29.0 Å². The summed E-state index contributed by atoms with van der Waals surface area (Å²) in [4.78, 5) is 35.8. The third kappa shape index (κ3) is 5.01. The van der Waals surface area contributed by atoms with Crippen LogP contribution >= 0.6 is 11.6 Å². The predicted molar refractivity (Wildman–Crippen MR) is 119 cm³/mol. The Morgan fingerprint density at radius 1 is 1.21 bits per heavy atom. The summed E-state index contributed by atoms with van der Waals surface area (Å²) in [5, 5.41) is 11.0. The van der Waals surface area contributed by atoms with E-state index in [9.17, 15) is 19.7 Å². The lowest BCUT2D eigenvalue weighted by Gasteiger charge is -2.36. The Bertz CT molecular complexity index is 1110. The lowest BCUT2D eigenvalue weighted by Crippen LogP contribution is -2.43. The van der Waals surface area contributed by atoms with Crippen molar-refractivity contribution in [3.8, 4) is 5.75 Å². The minimum Gasteiger partial charge on any atom is -0.493 e. The average Bonchev–Trinajstić information content (AvgIpc) is 2.81. The Labute approximate surface area is 195 Å². The maximum atomic E-state index is 12.9. The van der Waals surface area contributed by atoms with E-state index in [1.54, 1.807) is 0 Å². The zero-order valence-electron chi connectivity index (χ0n) is 17.9. The topological polar surface area (TPSA) is 105 Å². The smallest absolute Gasteiger partial charge is 0.338 e. The number of ether oxygens (including phenoxy) is 3. The van der Waals surface area contributed by atoms with Gasteiger partial charge in [-0.25, -0.2) is 4.79 Å². The first-order valence-corrected chi connectivity index (χ1v) is 11.0. The number of halogens is 1. The second-order valence-electron chi connectivity index (χ2n) is 7.99. The molecule has 0 aromatic heterocycles. The molecular formula is C24H22ClNO7. The van der Waals surface area contributed by atoms with E-state index < -0.39 is 23.1 Å². The van der Waals surface area contributed by atoms with Gasteiger partial charge in [-0.2, -0.15) is 0 Å². The number of nitro groups is 1. The number of aryl methyl sites for hydroxylation is 1. The minimum absolute atomic E-state index is 0.0403. The highest BCUT2D eigenvalue weighted by atomic mass is 35.5. The number of nitrogens with zero attached hydrogens (tertiary/aromatic N) is 1. The van der Waals surface area contributed by atoms with E-state index in [0.29, 0.717) is 25.0 Å². The number of fused-ring (bicyclic) bond motifs is 1. The van der Waals surface area contributed by atoms with Gasteiger partial charge in [0.05, 0.1) is 16.4 Å². The number of allylic oxidation sites excluding steroid dienone is 1. The number of ketones is 1. The van der Waals surface area contributed by atoms with Gasteiger partial charge in [-0.1, -0.05) is 30.7 Å². The molecule has 3 unspecified atom stereocenters. The SMILES string of the molecule is CCc1ccc(OC2=COC3CC(OC(=O)c4ccc(Cl)c([N+](=O)[O-])c4)CCC3C2=O)cc1. The van der Waals surface area contributed by atoms with Crippen LogP contribution in [0.2, 0.25) is 5.02 Å². The molecule has 9 heteroatoms. The fourth-order valence-electron chi connectivity index (χ4n) is 4.03. The number of hydrogen-bond acceptors (Lipinski definition) is 7. The number of Topliss-reactive ketones (excluding diaryl/α,β-unsaturated/α-hetero) is 1. The molecule has 1 saturated carbocycles. The van der Waals surface area contributed by atoms with Gasteiger partial charge in [0.1, 0.15) is 29.2 Å². The predicted octanol–water partition coefficient (Wildman–Crippen LogP) is 5.02. The Balaban J connectivity index is 1.38. The van der Waals surface area contributed by atoms with Gasteiger partial charge in [-0.05, 0) is 49.1 Å². The quantitative estimate of drug-likeness (QED) is 0.330. The van der Waals surface area contributed by atoms with Crippen molar-refractivity contribution in [2.24, 2.45) is 5.92 Å². The number of carbonyl (C=O) groups excluding carboxylic acids is 2. The van der Waals surface area contributed by atoms with Crippen molar-refractivity contribution < 1.29 is 28.7 Å². The molecule has 4 rings (SSSR count). The number of carbonyl (C=O) groups is 2. The van der Waals surface area contributed by atoms with Crippen LogP contribution in [-0.2, 0) is 20.7 Å². The lowest BCUT2D eigenvalue weighted by molar-refractivity contribution is -0.384. The number of rotatable bonds is 6. The Morgan fingerprint density at radius 3 is 2.67 bits per heavy atom. The maximum Gasteiger partial charge on any atom is 0.338 e. The molecule has 33 heavy (non-hydrogen) atoms. The van der Waals surface area contributed by atoms with Crippen LogP contribution < -0.4 is 4.74 Å². The molecule has 0 radical (unpaired) electrons. The Kier molecular flexibility index (Phi) is 6.65. The van der Waals surface area contributed by atoms with Crippen LogP contribution in [0.4, 0.5) is 5.69 Å². The molecule has 0 saturated heterocycles. The first-order valence-electron chi connectivity index (χ1n) is 10.7. The molecule has 3 atom stereocenters. The lowest BCUT2D eigenvalue weighted by atomic mass is 9.80. The normalized spacial score (nSPS) is 21.9. The second-order valence-corrected chi connectivity index (χ2v) is 8.40. The Morgan fingerprint density at radius 2 is 1.97 bits per heavy atom. The van der Waals surface area contributed by atoms with E-state index in [1.807, 2.05) is 24.3 Å². The van der Waals surface area contributed by atoms with Crippen molar-refractivity contribution in [3.63, 3.8) is 0 Å². The molecular weight excluding hydrogens is 450 g/mol. The summed E-state index contributed by atoms with van der Waals surface area (Å²) in [7, 11) is 0. The zero-order valence-corrected chi connectivity index (χ0v) is 18.6. The highest BCUT2D eigenvalue weighted by molar-refractivity contribution is 6.32. The number of hydrogen-bond donors (Lipinski definition) is 0. The summed E-state index contributed by atoms with van der Waals surface area (Å²) < 4.78 is 17.0. The van der Waals surface area contributed by atoms with Crippen LogP contribution in [0, 0.1) is 16.0 Å². The van der Waals surface area contributed by atoms with Crippen LogP contribution in [-0.4, -0.2) is 28.9 Å². The van der Waals surface area contributed by atoms with E-state index >= 15 is 0 Å². The highest BCUT2D eigenvalue weighted by Gasteiger charge is 2.42. The molecule has 2 aromatic carbocycles. The van der Waals surface area contributed by atoms with E-state index in [-0.39, 0.29) is 33.7 Å². The van der Waals surface area contributed by atoms with Gasteiger partial charge in [-0.15, -0.1) is 0 Å². The molecule has 172 valence electrons. The first kappa shape index (κ1) is 22.8. The van der Waals surface area contributed by atoms with E-state index in [2.05, 4.69) is 6.92 Å². The van der Waals surface area contributed by atoms with Gasteiger partial charge in [0.15, 0.2) is 0 Å². The van der Waals surface area contributed by atoms with Gasteiger partial charge in [0, 0.05) is 12.5 Å². The molecule has 8 nitrogen and oxygen atoms in total. The molecule has 0 amide bonds. The molecule has 2 aromatic rings. The summed E-state index contributed by atoms with van der Waals surface area (Å²) in [6.07, 6.45) is 2.61. The largest absolute Gasteiger partial charge is 0.493 e. The third-order valence-corrected chi connectivity index (χ3v) is 6.20. The molecule has 0 N–H and O–H groups in total. The van der Waals surface area contributed by atoms with Gasteiger partial charge >= 0.3 is 5.97 Å². The Hall–Kier alpha value is -3.39. The minimum atomic E-state index is -0.685. The van der Waals surface area contributed by atoms with Gasteiger partial charge in [-0.3, -0.25) is 14.9 Å². The van der Waals surface area contributed by atoms with Gasteiger partial charge in [0.2, 0.25) is 11.5 Å². The van der Waals surface area contributed by atoms with Crippen molar-refractivity contribution in [2.75, 3.05) is 0 Å². The molecule has 1 fully saturated rings. The molecule has 1 aliphatic heterocycles. The first-order chi connectivity index (χ1) is 15.9. The molecule has 0 spiro atoms. The van der Waals surface area contributed by atoms with Crippen LogP contribution in [0.25, 0.3) is 0 Å². The van der Waals surface area contributed by atoms with Crippen molar-refractivity contribution in [1.29, 1.82) is 0 Å². The van der Waals surface area contributed by atoms with Crippen molar-refractivity contribution in [2.45, 2.75) is 44.8 Å². The molecule has 1 aliphatic carbocycles. The fraction of sp³-hybridized carbons (Fsp3) is 0.333. The zero-order chi connectivity index (χ0) is 23.5. The van der Waals surface area contributed by atoms with Crippen LogP contribution in [0.1, 0.15) is 42.1 Å². The number of nitro benzene ring substituents is 1. The average molecular weight is 472 g/mol. The van der Waals surface area contributed by atoms with Crippen LogP contribution in [0.5, 0.6) is 5.75 Å². The maximum absolute atomic E-state index is 12.9. The van der Waals surface area contributed by atoms with Crippen LogP contribution in [0.3, 0.4) is 0 Å². The summed E-state index contributed by atoms with van der Waals surface area (Å²) >= 11 is 5.80. The van der Waals surface area contributed by atoms with E-state index in [4.69, 9.17) is 25.8 Å². The summed E-state index contributed by atoms with van der Waals surface area (Å²) in [5.41, 5.74) is 0.847.